The van der Waals surface area contributed by atoms with Crippen LogP contribution < -0.4 is 10.6 Å². The Morgan fingerprint density at radius 3 is 2.54 bits per heavy atom. The second kappa shape index (κ2) is 9.64. The first-order valence-corrected chi connectivity index (χ1v) is 8.11. The number of nitro groups is 1. The minimum Gasteiger partial charge on any atom is -0.352 e. The van der Waals surface area contributed by atoms with Crippen molar-refractivity contribution in [2.45, 2.75) is 46.1 Å². The molecule has 1 aromatic carbocycles. The van der Waals surface area contributed by atoms with Crippen LogP contribution in [0.1, 0.15) is 50.4 Å². The quantitative estimate of drug-likeness (QED) is 0.535. The fourth-order valence-corrected chi connectivity index (χ4v) is 2.25. The molecule has 0 saturated heterocycles. The third kappa shape index (κ3) is 7.21. The minimum absolute atomic E-state index is 0.0472. The summed E-state index contributed by atoms with van der Waals surface area (Å²) in [5.74, 6) is -0.144. The Balaban J connectivity index is 2.39. The molecule has 0 aliphatic carbocycles. The summed E-state index contributed by atoms with van der Waals surface area (Å²) in [6.45, 7) is 6.09. The molecule has 132 valence electrons. The molecule has 2 N–H and O–H groups in total. The first kappa shape index (κ1) is 19.6. The number of nitro benzene ring substituents is 1. The minimum atomic E-state index is -0.567. The van der Waals surface area contributed by atoms with Gasteiger partial charge in [0.05, 0.1) is 11.5 Å². The van der Waals surface area contributed by atoms with Gasteiger partial charge in [-0.3, -0.25) is 19.7 Å². The molecule has 2 amide bonds. The van der Waals surface area contributed by atoms with Crippen LogP contribution in [0.2, 0.25) is 0 Å². The van der Waals surface area contributed by atoms with Gasteiger partial charge in [-0.25, -0.2) is 0 Å². The normalized spacial score (nSPS) is 11.8. The summed E-state index contributed by atoms with van der Waals surface area (Å²) < 4.78 is 0. The first-order chi connectivity index (χ1) is 11.3. The predicted octanol–water partition coefficient (Wildman–Crippen LogP) is 2.66. The van der Waals surface area contributed by atoms with Gasteiger partial charge in [-0.05, 0) is 25.3 Å². The Labute approximate surface area is 142 Å². The van der Waals surface area contributed by atoms with Crippen LogP contribution in [0.15, 0.2) is 24.3 Å². The number of nitrogens with one attached hydrogen (secondary N) is 2. The summed E-state index contributed by atoms with van der Waals surface area (Å²) >= 11 is 0. The lowest BCUT2D eigenvalue weighted by Gasteiger charge is -2.14. The summed E-state index contributed by atoms with van der Waals surface area (Å²) in [5.41, 5.74) is -0.00661. The summed E-state index contributed by atoms with van der Waals surface area (Å²) in [6, 6.07) is 5.44. The number of hydrogen-bond acceptors (Lipinski definition) is 4. The van der Waals surface area contributed by atoms with Crippen molar-refractivity contribution < 1.29 is 14.5 Å². The van der Waals surface area contributed by atoms with Gasteiger partial charge < -0.3 is 10.6 Å². The van der Waals surface area contributed by atoms with Gasteiger partial charge in [-0.1, -0.05) is 32.8 Å². The lowest BCUT2D eigenvalue weighted by Crippen LogP contribution is -2.40. The van der Waals surface area contributed by atoms with Gasteiger partial charge in [-0.15, -0.1) is 0 Å². The molecule has 0 bridgehead atoms. The monoisotopic (exact) mass is 335 g/mol. The van der Waals surface area contributed by atoms with Crippen LogP contribution in [0, 0.1) is 16.0 Å². The molecule has 0 aliphatic heterocycles. The van der Waals surface area contributed by atoms with Crippen LogP contribution >= 0.6 is 0 Å². The number of amides is 2. The molecule has 0 spiro atoms. The van der Waals surface area contributed by atoms with E-state index in [2.05, 4.69) is 24.5 Å². The zero-order valence-corrected chi connectivity index (χ0v) is 14.4. The number of carbonyl (C=O) groups excluding carboxylic acids is 2. The first-order valence-electron chi connectivity index (χ1n) is 8.11. The van der Waals surface area contributed by atoms with E-state index in [0.717, 1.165) is 19.3 Å². The molecule has 7 heteroatoms. The zero-order chi connectivity index (χ0) is 18.1. The Hall–Kier alpha value is -2.44. The fraction of sp³-hybridized carbons (Fsp3) is 0.529. The SMILES string of the molecule is CC(C)CCCC(C)NC(=O)CNC(=O)c1cccc([N+](=O)[O-])c1. The second-order valence-electron chi connectivity index (χ2n) is 6.28. The van der Waals surface area contributed by atoms with Crippen molar-refractivity contribution >= 4 is 17.5 Å². The maximum Gasteiger partial charge on any atom is 0.270 e. The molecule has 0 radical (unpaired) electrons. The molecular formula is C17H25N3O4. The Bertz CT molecular complexity index is 587. The van der Waals surface area contributed by atoms with E-state index < -0.39 is 10.8 Å². The van der Waals surface area contributed by atoms with Crippen LogP contribution in [0.4, 0.5) is 5.69 Å². The van der Waals surface area contributed by atoms with E-state index in [9.17, 15) is 19.7 Å². The van der Waals surface area contributed by atoms with Crippen molar-refractivity contribution in [3.63, 3.8) is 0 Å². The summed E-state index contributed by atoms with van der Waals surface area (Å²) in [4.78, 5) is 33.9. The van der Waals surface area contributed by atoms with E-state index in [1.807, 2.05) is 6.92 Å². The highest BCUT2D eigenvalue weighted by molar-refractivity contribution is 5.96. The zero-order valence-electron chi connectivity index (χ0n) is 14.4. The van der Waals surface area contributed by atoms with Gasteiger partial charge in [0.15, 0.2) is 0 Å². The molecule has 0 heterocycles. The highest BCUT2D eigenvalue weighted by atomic mass is 16.6. The summed E-state index contributed by atoms with van der Waals surface area (Å²) in [6.07, 6.45) is 3.05. The van der Waals surface area contributed by atoms with Crippen LogP contribution in [0.25, 0.3) is 0 Å². The van der Waals surface area contributed by atoms with E-state index >= 15 is 0 Å². The third-order valence-corrected chi connectivity index (χ3v) is 3.55. The van der Waals surface area contributed by atoms with E-state index in [0.29, 0.717) is 5.92 Å². The molecule has 0 fully saturated rings. The largest absolute Gasteiger partial charge is 0.352 e. The summed E-state index contributed by atoms with van der Waals surface area (Å²) in [5, 5.41) is 16.0. The third-order valence-electron chi connectivity index (χ3n) is 3.55. The molecule has 1 aromatic rings. The van der Waals surface area contributed by atoms with Crippen LogP contribution in [-0.2, 0) is 4.79 Å². The number of non-ortho nitro benzene ring substituents is 1. The van der Waals surface area contributed by atoms with Crippen LogP contribution in [-0.4, -0.2) is 29.3 Å². The van der Waals surface area contributed by atoms with Crippen molar-refractivity contribution in [1.82, 2.24) is 10.6 Å². The fourth-order valence-electron chi connectivity index (χ4n) is 2.25. The molecule has 0 aromatic heterocycles. The average molecular weight is 335 g/mol. The Kier molecular flexibility index (Phi) is 7.88. The molecule has 1 rings (SSSR count). The van der Waals surface area contributed by atoms with Gasteiger partial charge in [0.1, 0.15) is 0 Å². The number of rotatable bonds is 9. The lowest BCUT2D eigenvalue weighted by atomic mass is 10.0. The Morgan fingerprint density at radius 2 is 1.92 bits per heavy atom. The topological polar surface area (TPSA) is 101 Å². The molecule has 1 atom stereocenters. The lowest BCUT2D eigenvalue weighted by molar-refractivity contribution is -0.384. The van der Waals surface area contributed by atoms with Crippen molar-refractivity contribution in [2.24, 2.45) is 5.92 Å². The summed E-state index contributed by atoms with van der Waals surface area (Å²) in [7, 11) is 0. The molecular weight excluding hydrogens is 310 g/mol. The Morgan fingerprint density at radius 1 is 1.21 bits per heavy atom. The van der Waals surface area contributed by atoms with Crippen molar-refractivity contribution in [3.8, 4) is 0 Å². The van der Waals surface area contributed by atoms with Crippen LogP contribution in [0.3, 0.4) is 0 Å². The van der Waals surface area contributed by atoms with Gasteiger partial charge in [0, 0.05) is 23.7 Å². The molecule has 0 aliphatic rings. The highest BCUT2D eigenvalue weighted by Crippen LogP contribution is 2.12. The average Bonchev–Trinajstić information content (AvgIpc) is 2.52. The number of carbonyl (C=O) groups is 2. The van der Waals surface area contributed by atoms with E-state index in [1.165, 1.54) is 24.3 Å². The molecule has 7 nitrogen and oxygen atoms in total. The number of hydrogen-bond donors (Lipinski definition) is 2. The second-order valence-corrected chi connectivity index (χ2v) is 6.28. The molecule has 1 unspecified atom stereocenters. The van der Waals surface area contributed by atoms with Gasteiger partial charge in [-0.2, -0.15) is 0 Å². The van der Waals surface area contributed by atoms with Crippen molar-refractivity contribution in [2.75, 3.05) is 6.54 Å². The van der Waals surface area contributed by atoms with Crippen molar-refractivity contribution in [1.29, 1.82) is 0 Å². The highest BCUT2D eigenvalue weighted by Gasteiger charge is 2.13. The maximum absolute atomic E-state index is 11.9. The standard InChI is InChI=1S/C17H25N3O4/c1-12(2)6-4-7-13(3)19-16(21)11-18-17(22)14-8-5-9-15(10-14)20(23)24/h5,8-10,12-13H,4,6-7,11H2,1-3H3,(H,18,22)(H,19,21). The van der Waals surface area contributed by atoms with Crippen molar-refractivity contribution in [3.05, 3.63) is 39.9 Å². The smallest absolute Gasteiger partial charge is 0.270 e. The molecule has 0 saturated carbocycles. The number of nitrogens with zero attached hydrogens (tertiary/aromatic N) is 1. The van der Waals surface area contributed by atoms with Crippen LogP contribution in [0.5, 0.6) is 0 Å². The van der Waals surface area contributed by atoms with E-state index in [1.54, 1.807) is 0 Å². The van der Waals surface area contributed by atoms with Gasteiger partial charge in [0.2, 0.25) is 5.91 Å². The number of benzene rings is 1. The van der Waals surface area contributed by atoms with Gasteiger partial charge in [0.25, 0.3) is 11.6 Å². The van der Waals surface area contributed by atoms with E-state index in [4.69, 9.17) is 0 Å². The van der Waals surface area contributed by atoms with Gasteiger partial charge >= 0.3 is 0 Å². The maximum atomic E-state index is 11.9. The molecule has 24 heavy (non-hydrogen) atoms. The van der Waals surface area contributed by atoms with E-state index in [-0.39, 0.29) is 29.7 Å². The predicted molar refractivity (Wildman–Crippen MR) is 91.7 cm³/mol.